The molecule has 3 rings (SSSR count). The summed E-state index contributed by atoms with van der Waals surface area (Å²) >= 11 is 1.45. The fourth-order valence-corrected chi connectivity index (χ4v) is 3.88. The third-order valence-electron chi connectivity index (χ3n) is 4.19. The topological polar surface area (TPSA) is 58.6 Å². The van der Waals surface area contributed by atoms with E-state index in [0.717, 1.165) is 21.7 Å². The largest absolute Gasteiger partial charge is 0.377 e. The van der Waals surface area contributed by atoms with E-state index in [2.05, 4.69) is 11.4 Å². The van der Waals surface area contributed by atoms with Gasteiger partial charge >= 0.3 is 0 Å². The lowest BCUT2D eigenvalue weighted by atomic mass is 10.1. The number of hydrogen-bond acceptors (Lipinski definition) is 5. The van der Waals surface area contributed by atoms with Gasteiger partial charge in [-0.15, -0.1) is 11.3 Å². The quantitative estimate of drug-likeness (QED) is 0.734. The van der Waals surface area contributed by atoms with Crippen LogP contribution in [0.15, 0.2) is 41.4 Å². The maximum absolute atomic E-state index is 13.0. The number of nitrogens with one attached hydrogen (secondary N) is 1. The lowest BCUT2D eigenvalue weighted by molar-refractivity contribution is -0.137. The van der Waals surface area contributed by atoms with Crippen LogP contribution in [0.25, 0.3) is 5.57 Å². The summed E-state index contributed by atoms with van der Waals surface area (Å²) in [5.74, 6) is -0.586. The number of imide groups is 1. The minimum absolute atomic E-state index is 0.0513. The van der Waals surface area contributed by atoms with E-state index in [4.69, 9.17) is 4.74 Å². The molecule has 1 N–H and O–H groups in total. The number of aryl methyl sites for hydroxylation is 2. The van der Waals surface area contributed by atoms with Crippen LogP contribution in [0.5, 0.6) is 0 Å². The normalized spacial score (nSPS) is 14.6. The van der Waals surface area contributed by atoms with Crippen molar-refractivity contribution in [1.82, 2.24) is 4.90 Å². The number of anilines is 1. The Morgan fingerprint density at radius 3 is 2.41 bits per heavy atom. The van der Waals surface area contributed by atoms with Gasteiger partial charge in [0.1, 0.15) is 5.70 Å². The van der Waals surface area contributed by atoms with E-state index < -0.39 is 0 Å². The zero-order chi connectivity index (χ0) is 19.6. The number of thiophene rings is 1. The molecule has 142 valence electrons. The van der Waals surface area contributed by atoms with Crippen LogP contribution in [-0.2, 0) is 14.3 Å². The summed E-state index contributed by atoms with van der Waals surface area (Å²) in [5.41, 5.74) is 3.75. The van der Waals surface area contributed by atoms with Crippen LogP contribution in [0, 0.1) is 13.8 Å². The Balaban J connectivity index is 1.93. The Morgan fingerprint density at radius 2 is 1.81 bits per heavy atom. The van der Waals surface area contributed by atoms with Gasteiger partial charge in [-0.1, -0.05) is 12.1 Å². The zero-order valence-electron chi connectivity index (χ0n) is 16.0. The van der Waals surface area contributed by atoms with Gasteiger partial charge in [-0.25, -0.2) is 0 Å². The SMILES string of the molecule is Cc1cc(C)cc(NC2=C(c3cccs3)C(=O)N(CCOC(C)C)C2=O)c1. The predicted octanol–water partition coefficient (Wildman–Crippen LogP) is 3.98. The number of rotatable bonds is 7. The molecule has 0 aliphatic carbocycles. The molecule has 2 amide bonds. The van der Waals surface area contributed by atoms with Crippen LogP contribution in [0.4, 0.5) is 5.69 Å². The fraction of sp³-hybridized carbons (Fsp3) is 0.333. The number of carbonyl (C=O) groups is 2. The van der Waals surface area contributed by atoms with E-state index in [-0.39, 0.29) is 24.5 Å². The van der Waals surface area contributed by atoms with Gasteiger partial charge in [-0.05, 0) is 62.4 Å². The highest BCUT2D eigenvalue weighted by molar-refractivity contribution is 7.11. The van der Waals surface area contributed by atoms with Crippen molar-refractivity contribution in [2.24, 2.45) is 0 Å². The van der Waals surface area contributed by atoms with Gasteiger partial charge in [0, 0.05) is 10.6 Å². The molecule has 0 spiro atoms. The first-order valence-electron chi connectivity index (χ1n) is 8.98. The van der Waals surface area contributed by atoms with E-state index in [0.29, 0.717) is 17.9 Å². The smallest absolute Gasteiger partial charge is 0.278 e. The van der Waals surface area contributed by atoms with Crippen LogP contribution < -0.4 is 5.32 Å². The number of ether oxygens (including phenoxy) is 1. The van der Waals surface area contributed by atoms with E-state index in [1.807, 2.05) is 57.3 Å². The van der Waals surface area contributed by atoms with Crippen molar-refractivity contribution in [3.05, 3.63) is 57.4 Å². The molecule has 1 aromatic carbocycles. The minimum atomic E-state index is -0.310. The van der Waals surface area contributed by atoms with E-state index in [9.17, 15) is 9.59 Å². The molecule has 0 radical (unpaired) electrons. The molecule has 0 unspecified atom stereocenters. The van der Waals surface area contributed by atoms with Gasteiger partial charge in [0.25, 0.3) is 11.8 Å². The standard InChI is InChI=1S/C21H24N2O3S/c1-13(2)26-8-7-23-20(24)18(17-6-5-9-27-17)19(21(23)25)22-16-11-14(3)10-15(4)12-16/h5-6,9-13,22H,7-8H2,1-4H3. The zero-order valence-corrected chi connectivity index (χ0v) is 16.9. The summed E-state index contributed by atoms with van der Waals surface area (Å²) in [6.07, 6.45) is 0.0513. The Hall–Kier alpha value is -2.44. The fourth-order valence-electron chi connectivity index (χ4n) is 3.12. The van der Waals surface area contributed by atoms with Crippen molar-refractivity contribution < 1.29 is 14.3 Å². The lowest BCUT2D eigenvalue weighted by Crippen LogP contribution is -2.35. The second-order valence-corrected chi connectivity index (χ2v) is 7.86. The average Bonchev–Trinajstić information content (AvgIpc) is 3.16. The van der Waals surface area contributed by atoms with Crippen LogP contribution in [-0.4, -0.2) is 36.0 Å². The molecule has 5 nitrogen and oxygen atoms in total. The number of carbonyl (C=O) groups excluding carboxylic acids is 2. The van der Waals surface area contributed by atoms with Crippen molar-refractivity contribution in [1.29, 1.82) is 0 Å². The average molecular weight is 385 g/mol. The molecule has 0 atom stereocenters. The molecule has 0 fully saturated rings. The third kappa shape index (κ3) is 4.28. The maximum Gasteiger partial charge on any atom is 0.278 e. The van der Waals surface area contributed by atoms with Crippen molar-refractivity contribution in [3.63, 3.8) is 0 Å². The maximum atomic E-state index is 13.0. The molecular formula is C21H24N2O3S. The van der Waals surface area contributed by atoms with E-state index in [1.165, 1.54) is 16.2 Å². The molecule has 27 heavy (non-hydrogen) atoms. The van der Waals surface area contributed by atoms with Gasteiger partial charge in [0.05, 0.1) is 24.8 Å². The van der Waals surface area contributed by atoms with Crippen molar-refractivity contribution >= 4 is 34.4 Å². The van der Waals surface area contributed by atoms with Gasteiger partial charge in [0.15, 0.2) is 0 Å². The second kappa shape index (κ2) is 8.06. The first kappa shape index (κ1) is 19.3. The summed E-state index contributed by atoms with van der Waals surface area (Å²) in [6, 6.07) is 9.74. The molecule has 6 heteroatoms. The molecule has 1 aromatic heterocycles. The number of amides is 2. The van der Waals surface area contributed by atoms with Gasteiger partial charge in [-0.3, -0.25) is 14.5 Å². The molecule has 2 heterocycles. The number of benzene rings is 1. The minimum Gasteiger partial charge on any atom is -0.377 e. The number of nitrogens with zero attached hydrogens (tertiary/aromatic N) is 1. The Bertz CT molecular complexity index is 865. The van der Waals surface area contributed by atoms with Gasteiger partial charge in [0.2, 0.25) is 0 Å². The van der Waals surface area contributed by atoms with Crippen molar-refractivity contribution in [2.45, 2.75) is 33.8 Å². The Labute approximate surface area is 163 Å². The monoisotopic (exact) mass is 384 g/mol. The molecule has 0 saturated carbocycles. The van der Waals surface area contributed by atoms with Crippen LogP contribution in [0.3, 0.4) is 0 Å². The van der Waals surface area contributed by atoms with Gasteiger partial charge < -0.3 is 10.1 Å². The summed E-state index contributed by atoms with van der Waals surface area (Å²) in [4.78, 5) is 28.0. The number of hydrogen-bond donors (Lipinski definition) is 1. The molecule has 1 aliphatic heterocycles. The van der Waals surface area contributed by atoms with E-state index in [1.54, 1.807) is 0 Å². The van der Waals surface area contributed by atoms with Crippen molar-refractivity contribution in [3.8, 4) is 0 Å². The highest BCUT2D eigenvalue weighted by atomic mass is 32.1. The Kier molecular flexibility index (Phi) is 5.77. The van der Waals surface area contributed by atoms with Gasteiger partial charge in [-0.2, -0.15) is 0 Å². The summed E-state index contributed by atoms with van der Waals surface area (Å²) in [5, 5.41) is 5.11. The molecule has 1 aliphatic rings. The first-order valence-corrected chi connectivity index (χ1v) is 9.86. The predicted molar refractivity (Wildman–Crippen MR) is 109 cm³/mol. The first-order chi connectivity index (χ1) is 12.9. The second-order valence-electron chi connectivity index (χ2n) is 6.91. The highest BCUT2D eigenvalue weighted by Gasteiger charge is 2.39. The van der Waals surface area contributed by atoms with Crippen LogP contribution >= 0.6 is 11.3 Å². The summed E-state index contributed by atoms with van der Waals surface area (Å²) in [7, 11) is 0. The molecule has 2 aromatic rings. The van der Waals surface area contributed by atoms with Crippen LogP contribution in [0.1, 0.15) is 29.9 Å². The summed E-state index contributed by atoms with van der Waals surface area (Å²) < 4.78 is 5.53. The van der Waals surface area contributed by atoms with Crippen molar-refractivity contribution in [2.75, 3.05) is 18.5 Å². The van der Waals surface area contributed by atoms with Crippen LogP contribution in [0.2, 0.25) is 0 Å². The Morgan fingerprint density at radius 1 is 1.11 bits per heavy atom. The van der Waals surface area contributed by atoms with E-state index >= 15 is 0 Å². The molecular weight excluding hydrogens is 360 g/mol. The molecule has 0 bridgehead atoms. The lowest BCUT2D eigenvalue weighted by Gasteiger charge is -2.16. The highest BCUT2D eigenvalue weighted by Crippen LogP contribution is 2.33. The summed E-state index contributed by atoms with van der Waals surface area (Å²) in [6.45, 7) is 8.42. The molecule has 0 saturated heterocycles. The third-order valence-corrected chi connectivity index (χ3v) is 5.08.